The van der Waals surface area contributed by atoms with Crippen LogP contribution in [0.5, 0.6) is 5.75 Å². The number of carbonyl (C=O) groups excluding carboxylic acids is 1. The Hall–Kier alpha value is -2.37. The summed E-state index contributed by atoms with van der Waals surface area (Å²) in [5.41, 5.74) is 0.611. The van der Waals surface area contributed by atoms with Gasteiger partial charge in [0.05, 0.1) is 18.1 Å². The number of benzene rings is 1. The van der Waals surface area contributed by atoms with Crippen LogP contribution in [0.3, 0.4) is 0 Å². The smallest absolute Gasteiger partial charge is 0.273 e. The van der Waals surface area contributed by atoms with Crippen molar-refractivity contribution in [1.82, 2.24) is 5.32 Å². The lowest BCUT2D eigenvalue weighted by molar-refractivity contribution is -0.384. The molecule has 0 spiro atoms. The molecule has 1 aromatic rings. The molecule has 6 heteroatoms. The Labute approximate surface area is 104 Å². The fraction of sp³-hybridized carbons (Fsp3) is 0.250. The van der Waals surface area contributed by atoms with E-state index in [2.05, 4.69) is 5.32 Å². The Balaban J connectivity index is 2.84. The summed E-state index contributed by atoms with van der Waals surface area (Å²) in [5.74, 6) is 0.291. The molecule has 0 saturated carbocycles. The van der Waals surface area contributed by atoms with Crippen molar-refractivity contribution in [3.8, 4) is 5.75 Å². The number of hydrogen-bond acceptors (Lipinski definition) is 4. The molecule has 0 aliphatic heterocycles. The van der Waals surface area contributed by atoms with Crippen LogP contribution in [-0.4, -0.2) is 24.5 Å². The van der Waals surface area contributed by atoms with Gasteiger partial charge in [-0.2, -0.15) is 0 Å². The minimum atomic E-state index is -0.478. The molecule has 0 aliphatic carbocycles. The topological polar surface area (TPSA) is 81.5 Å². The number of non-ortho nitro benzene ring substituents is 1. The molecule has 6 nitrogen and oxygen atoms in total. The number of methoxy groups -OCH3 is 1. The third kappa shape index (κ3) is 4.25. The minimum Gasteiger partial charge on any atom is -0.496 e. The molecule has 0 saturated heterocycles. The van der Waals surface area contributed by atoms with Gasteiger partial charge in [0.2, 0.25) is 5.91 Å². The fourth-order valence-corrected chi connectivity index (χ4v) is 1.32. The Bertz CT molecular complexity index is 483. The SMILES string of the molecule is COc1cc(C=CCNC(C)=O)cc([N+](=O)[O-])c1. The third-order valence-corrected chi connectivity index (χ3v) is 2.14. The average Bonchev–Trinajstić information content (AvgIpc) is 2.34. The van der Waals surface area contributed by atoms with E-state index in [4.69, 9.17) is 4.74 Å². The lowest BCUT2D eigenvalue weighted by Gasteiger charge is -2.02. The van der Waals surface area contributed by atoms with E-state index in [1.54, 1.807) is 18.2 Å². The van der Waals surface area contributed by atoms with Gasteiger partial charge in [0.15, 0.2) is 0 Å². The van der Waals surface area contributed by atoms with Crippen LogP contribution in [0.1, 0.15) is 12.5 Å². The van der Waals surface area contributed by atoms with Gasteiger partial charge >= 0.3 is 0 Å². The van der Waals surface area contributed by atoms with E-state index >= 15 is 0 Å². The van der Waals surface area contributed by atoms with Gasteiger partial charge in [-0.1, -0.05) is 12.2 Å². The first-order valence-corrected chi connectivity index (χ1v) is 5.27. The van der Waals surface area contributed by atoms with Crippen molar-refractivity contribution in [3.05, 3.63) is 40.0 Å². The standard InChI is InChI=1S/C12H14N2O4/c1-9(15)13-5-3-4-10-6-11(14(16)17)8-12(7-10)18-2/h3-4,6-8H,5H2,1-2H3,(H,13,15). The van der Waals surface area contributed by atoms with E-state index in [0.29, 0.717) is 17.9 Å². The summed E-state index contributed by atoms with van der Waals surface area (Å²) >= 11 is 0. The highest BCUT2D eigenvalue weighted by atomic mass is 16.6. The molecule has 96 valence electrons. The number of hydrogen-bond donors (Lipinski definition) is 1. The van der Waals surface area contributed by atoms with Crippen molar-refractivity contribution in [2.75, 3.05) is 13.7 Å². The van der Waals surface area contributed by atoms with Crippen molar-refractivity contribution >= 4 is 17.7 Å². The first-order chi connectivity index (χ1) is 8.52. The molecule has 0 bridgehead atoms. The number of nitro benzene ring substituents is 1. The zero-order chi connectivity index (χ0) is 13.5. The van der Waals surface area contributed by atoms with Crippen molar-refractivity contribution in [2.24, 2.45) is 0 Å². The maximum absolute atomic E-state index is 10.7. The molecule has 0 aromatic heterocycles. The second kappa shape index (κ2) is 6.39. The normalized spacial score (nSPS) is 10.3. The minimum absolute atomic E-state index is 0.0338. The van der Waals surface area contributed by atoms with Gasteiger partial charge in [0.1, 0.15) is 5.75 Å². The lowest BCUT2D eigenvalue weighted by Crippen LogP contribution is -2.19. The van der Waals surface area contributed by atoms with Gasteiger partial charge in [-0.3, -0.25) is 14.9 Å². The molecule has 0 heterocycles. The Morgan fingerprint density at radius 1 is 1.50 bits per heavy atom. The molecule has 1 rings (SSSR count). The van der Waals surface area contributed by atoms with E-state index in [1.807, 2.05) is 0 Å². The predicted octanol–water partition coefficient (Wildman–Crippen LogP) is 1.75. The monoisotopic (exact) mass is 250 g/mol. The summed E-state index contributed by atoms with van der Waals surface area (Å²) in [4.78, 5) is 20.9. The molecule has 1 amide bonds. The number of nitro groups is 1. The van der Waals surface area contributed by atoms with E-state index in [0.717, 1.165) is 0 Å². The van der Waals surface area contributed by atoms with Crippen LogP contribution in [0, 0.1) is 10.1 Å². The number of ether oxygens (including phenoxy) is 1. The van der Waals surface area contributed by atoms with E-state index in [1.165, 1.54) is 26.2 Å². The number of carbonyl (C=O) groups is 1. The van der Waals surface area contributed by atoms with Gasteiger partial charge in [-0.25, -0.2) is 0 Å². The highest BCUT2D eigenvalue weighted by Gasteiger charge is 2.08. The van der Waals surface area contributed by atoms with Crippen molar-refractivity contribution in [3.63, 3.8) is 0 Å². The number of rotatable bonds is 5. The van der Waals surface area contributed by atoms with Crippen LogP contribution in [0.25, 0.3) is 6.08 Å². The summed E-state index contributed by atoms with van der Waals surface area (Å²) in [6.07, 6.45) is 3.39. The van der Waals surface area contributed by atoms with E-state index < -0.39 is 4.92 Å². The van der Waals surface area contributed by atoms with Crippen LogP contribution in [0.2, 0.25) is 0 Å². The van der Waals surface area contributed by atoms with E-state index in [-0.39, 0.29) is 11.6 Å². The third-order valence-electron chi connectivity index (χ3n) is 2.14. The Morgan fingerprint density at radius 2 is 2.22 bits per heavy atom. The summed E-state index contributed by atoms with van der Waals surface area (Å²) in [7, 11) is 1.45. The number of nitrogens with one attached hydrogen (secondary N) is 1. The van der Waals surface area contributed by atoms with Gasteiger partial charge in [-0.15, -0.1) is 0 Å². The van der Waals surface area contributed by atoms with Crippen molar-refractivity contribution in [2.45, 2.75) is 6.92 Å². The van der Waals surface area contributed by atoms with Crippen LogP contribution >= 0.6 is 0 Å². The maximum atomic E-state index is 10.7. The zero-order valence-electron chi connectivity index (χ0n) is 10.2. The largest absolute Gasteiger partial charge is 0.496 e. The fourth-order valence-electron chi connectivity index (χ4n) is 1.32. The summed E-state index contributed by atoms with van der Waals surface area (Å²) in [6.45, 7) is 1.80. The summed E-state index contributed by atoms with van der Waals surface area (Å²) in [6, 6.07) is 4.47. The molecule has 0 unspecified atom stereocenters. The molecule has 0 radical (unpaired) electrons. The average molecular weight is 250 g/mol. The Morgan fingerprint density at radius 3 is 2.78 bits per heavy atom. The van der Waals surface area contributed by atoms with Gasteiger partial charge in [0, 0.05) is 19.5 Å². The second-order valence-electron chi connectivity index (χ2n) is 3.56. The molecule has 1 aromatic carbocycles. The molecule has 1 N–H and O–H groups in total. The van der Waals surface area contributed by atoms with Crippen molar-refractivity contribution in [1.29, 1.82) is 0 Å². The first-order valence-electron chi connectivity index (χ1n) is 5.27. The van der Waals surface area contributed by atoms with Gasteiger partial charge in [-0.05, 0) is 11.6 Å². The predicted molar refractivity (Wildman–Crippen MR) is 67.4 cm³/mol. The molecule has 0 atom stereocenters. The number of nitrogens with zero attached hydrogens (tertiary/aromatic N) is 1. The van der Waals surface area contributed by atoms with Crippen LogP contribution in [0.4, 0.5) is 5.69 Å². The molecule has 0 fully saturated rings. The molecule has 18 heavy (non-hydrogen) atoms. The van der Waals surface area contributed by atoms with Crippen LogP contribution < -0.4 is 10.1 Å². The molecular weight excluding hydrogens is 236 g/mol. The highest BCUT2D eigenvalue weighted by Crippen LogP contribution is 2.23. The quantitative estimate of drug-likeness (QED) is 0.637. The highest BCUT2D eigenvalue weighted by molar-refractivity contribution is 5.73. The van der Waals surface area contributed by atoms with Crippen molar-refractivity contribution < 1.29 is 14.5 Å². The maximum Gasteiger partial charge on any atom is 0.273 e. The Kier molecular flexibility index (Phi) is 4.86. The first kappa shape index (κ1) is 13.7. The molecular formula is C12H14N2O4. The zero-order valence-corrected chi connectivity index (χ0v) is 10.2. The van der Waals surface area contributed by atoms with E-state index in [9.17, 15) is 14.9 Å². The van der Waals surface area contributed by atoms with Crippen LogP contribution in [0.15, 0.2) is 24.3 Å². The lowest BCUT2D eigenvalue weighted by atomic mass is 10.1. The summed E-state index contributed by atoms with van der Waals surface area (Å²) < 4.78 is 4.98. The van der Waals surface area contributed by atoms with Crippen LogP contribution in [-0.2, 0) is 4.79 Å². The molecule has 0 aliphatic rings. The van der Waals surface area contributed by atoms with Gasteiger partial charge < -0.3 is 10.1 Å². The number of amides is 1. The van der Waals surface area contributed by atoms with Gasteiger partial charge in [0.25, 0.3) is 5.69 Å². The second-order valence-corrected chi connectivity index (χ2v) is 3.56. The summed E-state index contributed by atoms with van der Waals surface area (Å²) in [5, 5.41) is 13.3.